The average Bonchev–Trinajstić information content (AvgIpc) is 3.11. The summed E-state index contributed by atoms with van der Waals surface area (Å²) in [5.41, 5.74) is 1.85. The maximum Gasteiger partial charge on any atom is 0.342 e. The van der Waals surface area contributed by atoms with Gasteiger partial charge in [0.25, 0.3) is 0 Å². The zero-order valence-corrected chi connectivity index (χ0v) is 17.6. The number of nitriles is 1. The fourth-order valence-corrected chi connectivity index (χ4v) is 3.54. The lowest BCUT2D eigenvalue weighted by Gasteiger charge is -2.11. The van der Waals surface area contributed by atoms with E-state index in [9.17, 15) is 15.2 Å². The number of nitrogens with zero attached hydrogens (tertiary/aromatic N) is 3. The molecule has 7 nitrogen and oxygen atoms in total. The van der Waals surface area contributed by atoms with E-state index >= 15 is 0 Å². The summed E-state index contributed by atoms with van der Waals surface area (Å²) in [6, 6.07) is 14.6. The van der Waals surface area contributed by atoms with E-state index in [1.165, 1.54) is 6.08 Å². The SMILES string of the molecule is Cc1nc(S/C(=C\c2cc(Br)ccc2OCc2ccccc2C#N)C(=O)O)n[nH]1. The lowest BCUT2D eigenvalue weighted by atomic mass is 10.1. The largest absolute Gasteiger partial charge is 0.488 e. The number of rotatable bonds is 7. The molecule has 0 spiro atoms. The number of hydrogen-bond acceptors (Lipinski definition) is 6. The molecule has 0 radical (unpaired) electrons. The normalized spacial score (nSPS) is 11.1. The molecule has 0 fully saturated rings. The van der Waals surface area contributed by atoms with Crippen molar-refractivity contribution >= 4 is 39.7 Å². The molecule has 0 aliphatic rings. The van der Waals surface area contributed by atoms with Crippen LogP contribution in [0, 0.1) is 18.3 Å². The van der Waals surface area contributed by atoms with Gasteiger partial charge in [-0.25, -0.2) is 9.78 Å². The summed E-state index contributed by atoms with van der Waals surface area (Å²) in [6.07, 6.45) is 1.51. The van der Waals surface area contributed by atoms with Crippen molar-refractivity contribution in [1.82, 2.24) is 15.2 Å². The van der Waals surface area contributed by atoms with Gasteiger partial charge in [-0.05, 0) is 49.0 Å². The number of aromatic nitrogens is 3. The van der Waals surface area contributed by atoms with Crippen LogP contribution in [-0.4, -0.2) is 26.3 Å². The maximum absolute atomic E-state index is 11.7. The summed E-state index contributed by atoms with van der Waals surface area (Å²) < 4.78 is 6.67. The molecule has 2 N–H and O–H groups in total. The predicted octanol–water partition coefficient (Wildman–Crippen LogP) is 4.54. The van der Waals surface area contributed by atoms with E-state index in [2.05, 4.69) is 37.2 Å². The van der Waals surface area contributed by atoms with Crippen molar-refractivity contribution < 1.29 is 14.6 Å². The van der Waals surface area contributed by atoms with Crippen LogP contribution in [-0.2, 0) is 11.4 Å². The van der Waals surface area contributed by atoms with Crippen molar-refractivity contribution in [1.29, 1.82) is 5.26 Å². The van der Waals surface area contributed by atoms with Crippen LogP contribution in [0.25, 0.3) is 6.08 Å². The predicted molar refractivity (Wildman–Crippen MR) is 112 cm³/mol. The van der Waals surface area contributed by atoms with Crippen LogP contribution >= 0.6 is 27.7 Å². The molecule has 0 aliphatic carbocycles. The molecule has 3 rings (SSSR count). The average molecular weight is 471 g/mol. The summed E-state index contributed by atoms with van der Waals surface area (Å²) >= 11 is 4.34. The summed E-state index contributed by atoms with van der Waals surface area (Å²) in [7, 11) is 0. The molecule has 29 heavy (non-hydrogen) atoms. The van der Waals surface area contributed by atoms with Gasteiger partial charge in [-0.2, -0.15) is 5.26 Å². The minimum absolute atomic E-state index is 0.0457. The molecule has 0 unspecified atom stereocenters. The number of H-pyrrole nitrogens is 1. The quantitative estimate of drug-likeness (QED) is 0.384. The lowest BCUT2D eigenvalue weighted by molar-refractivity contribution is -0.131. The molecule has 0 atom stereocenters. The van der Waals surface area contributed by atoms with Crippen molar-refractivity contribution in [2.45, 2.75) is 18.7 Å². The van der Waals surface area contributed by atoms with Crippen LogP contribution < -0.4 is 4.74 Å². The van der Waals surface area contributed by atoms with Gasteiger partial charge in [-0.3, -0.25) is 5.10 Å². The van der Waals surface area contributed by atoms with Gasteiger partial charge >= 0.3 is 5.97 Å². The maximum atomic E-state index is 11.7. The van der Waals surface area contributed by atoms with Gasteiger partial charge in [0.05, 0.1) is 11.6 Å². The van der Waals surface area contributed by atoms with Gasteiger partial charge in [0.15, 0.2) is 0 Å². The van der Waals surface area contributed by atoms with Gasteiger partial charge in [0.2, 0.25) is 5.16 Å². The Labute approximate surface area is 179 Å². The standard InChI is InChI=1S/C20H15BrN4O3S/c1-12-23-20(25-24-12)29-18(19(26)27)9-15-8-16(21)6-7-17(15)28-11-14-5-3-2-4-13(14)10-22/h2-9H,11H2,1H3,(H,26,27)(H,23,24,25)/b18-9-. The fraction of sp³-hybridized carbons (Fsp3) is 0.100. The zero-order valence-electron chi connectivity index (χ0n) is 15.2. The monoisotopic (exact) mass is 470 g/mol. The number of nitrogens with one attached hydrogen (secondary N) is 1. The van der Waals surface area contributed by atoms with E-state index < -0.39 is 5.97 Å². The second kappa shape index (κ2) is 9.41. The van der Waals surface area contributed by atoms with Gasteiger partial charge < -0.3 is 9.84 Å². The van der Waals surface area contributed by atoms with E-state index in [0.717, 1.165) is 21.8 Å². The van der Waals surface area contributed by atoms with Gasteiger partial charge in [0.1, 0.15) is 23.1 Å². The highest BCUT2D eigenvalue weighted by molar-refractivity contribution is 9.10. The highest BCUT2D eigenvalue weighted by atomic mass is 79.9. The highest BCUT2D eigenvalue weighted by Crippen LogP contribution is 2.31. The van der Waals surface area contributed by atoms with E-state index in [1.807, 2.05) is 12.1 Å². The first kappa shape index (κ1) is 20.6. The molecule has 1 aromatic heterocycles. The summed E-state index contributed by atoms with van der Waals surface area (Å²) in [4.78, 5) is 15.9. The molecular weight excluding hydrogens is 456 g/mol. The third kappa shape index (κ3) is 5.47. The smallest absolute Gasteiger partial charge is 0.342 e. The molecule has 3 aromatic rings. The Balaban J connectivity index is 1.89. The number of benzene rings is 2. The molecule has 0 saturated carbocycles. The van der Waals surface area contributed by atoms with Gasteiger partial charge in [-0.1, -0.05) is 34.1 Å². The minimum atomic E-state index is -1.10. The number of aliphatic carboxylic acids is 1. The third-order valence-electron chi connectivity index (χ3n) is 3.77. The number of carbonyl (C=O) groups is 1. The molecule has 0 amide bonds. The Morgan fingerprint density at radius 3 is 2.86 bits per heavy atom. The van der Waals surface area contributed by atoms with Crippen LogP contribution in [0.5, 0.6) is 5.75 Å². The molecule has 9 heteroatoms. The molecule has 146 valence electrons. The number of thioether (sulfide) groups is 1. The van der Waals surface area contributed by atoms with Gasteiger partial charge in [0, 0.05) is 15.6 Å². The molecule has 1 heterocycles. The number of aromatic amines is 1. The second-order valence-electron chi connectivity index (χ2n) is 5.86. The fourth-order valence-electron chi connectivity index (χ4n) is 2.42. The Hall–Kier alpha value is -3.09. The first-order valence-electron chi connectivity index (χ1n) is 8.38. The lowest BCUT2D eigenvalue weighted by Crippen LogP contribution is -2.01. The number of aryl methyl sites for hydroxylation is 1. The second-order valence-corrected chi connectivity index (χ2v) is 7.78. The van der Waals surface area contributed by atoms with E-state index in [0.29, 0.717) is 27.9 Å². The van der Waals surface area contributed by atoms with Gasteiger partial charge in [-0.15, -0.1) is 5.10 Å². The van der Waals surface area contributed by atoms with E-state index in [4.69, 9.17) is 4.74 Å². The summed E-state index contributed by atoms with van der Waals surface area (Å²) in [5.74, 6) is -0.00969. The molecule has 0 aliphatic heterocycles. The number of carboxylic acids is 1. The van der Waals surface area contributed by atoms with Crippen molar-refractivity contribution in [3.8, 4) is 11.8 Å². The van der Waals surface area contributed by atoms with Crippen LogP contribution in [0.4, 0.5) is 0 Å². The molecule has 2 aromatic carbocycles. The first-order chi connectivity index (χ1) is 14.0. The number of ether oxygens (including phenoxy) is 1. The van der Waals surface area contributed by atoms with Crippen LogP contribution in [0.3, 0.4) is 0 Å². The zero-order chi connectivity index (χ0) is 20.8. The minimum Gasteiger partial charge on any atom is -0.488 e. The Morgan fingerprint density at radius 2 is 2.17 bits per heavy atom. The molecular formula is C20H15BrN4O3S. The Morgan fingerprint density at radius 1 is 1.38 bits per heavy atom. The summed E-state index contributed by atoms with van der Waals surface area (Å²) in [6.45, 7) is 1.92. The van der Waals surface area contributed by atoms with E-state index in [1.54, 1.807) is 37.3 Å². The van der Waals surface area contributed by atoms with Crippen LogP contribution in [0.2, 0.25) is 0 Å². The molecule has 0 saturated heterocycles. The van der Waals surface area contributed by atoms with Crippen molar-refractivity contribution in [2.24, 2.45) is 0 Å². The van der Waals surface area contributed by atoms with Crippen molar-refractivity contribution in [3.63, 3.8) is 0 Å². The van der Waals surface area contributed by atoms with Crippen LogP contribution in [0.1, 0.15) is 22.5 Å². The van der Waals surface area contributed by atoms with Crippen molar-refractivity contribution in [3.05, 3.63) is 74.4 Å². The van der Waals surface area contributed by atoms with Crippen molar-refractivity contribution in [2.75, 3.05) is 0 Å². The topological polar surface area (TPSA) is 112 Å². The highest BCUT2D eigenvalue weighted by Gasteiger charge is 2.15. The Kier molecular flexibility index (Phi) is 6.69. The number of halogens is 1. The summed E-state index contributed by atoms with van der Waals surface area (Å²) in [5, 5.41) is 25.8. The van der Waals surface area contributed by atoms with Crippen LogP contribution in [0.15, 0.2) is 57.0 Å². The third-order valence-corrected chi connectivity index (χ3v) is 5.14. The molecule has 0 bridgehead atoms. The first-order valence-corrected chi connectivity index (χ1v) is 9.99. The number of hydrogen-bond donors (Lipinski definition) is 2. The Bertz CT molecular complexity index is 1120. The van der Waals surface area contributed by atoms with E-state index in [-0.39, 0.29) is 11.5 Å². The number of carboxylic acid groups (broad SMARTS) is 1.